The molecule has 2 N–H and O–H groups in total. The van der Waals surface area contributed by atoms with Gasteiger partial charge in [0.05, 0.1) is 16.3 Å². The highest BCUT2D eigenvalue weighted by atomic mass is 35.5. The van der Waals surface area contributed by atoms with Gasteiger partial charge in [-0.15, -0.1) is 0 Å². The fourth-order valence-corrected chi connectivity index (χ4v) is 3.16. The van der Waals surface area contributed by atoms with Crippen LogP contribution in [0.3, 0.4) is 0 Å². The van der Waals surface area contributed by atoms with E-state index in [-0.39, 0.29) is 28.1 Å². The van der Waals surface area contributed by atoms with Gasteiger partial charge in [-0.3, -0.25) is 19.0 Å². The van der Waals surface area contributed by atoms with Gasteiger partial charge >= 0.3 is 0 Å². The fourth-order valence-electron chi connectivity index (χ4n) is 3.00. The van der Waals surface area contributed by atoms with Crippen LogP contribution in [0.2, 0.25) is 5.02 Å². The molecule has 2 amide bonds. The van der Waals surface area contributed by atoms with Gasteiger partial charge in [-0.05, 0) is 49.2 Å². The number of hydrogen-bond acceptors (Lipinski definition) is 3. The Morgan fingerprint density at radius 2 is 1.71 bits per heavy atom. The molecule has 1 fully saturated rings. The number of anilines is 2. The average molecular weight is 444 g/mol. The summed E-state index contributed by atoms with van der Waals surface area (Å²) in [5, 5.41) is 5.57. The molecule has 0 atom stereocenters. The Kier molecular flexibility index (Phi) is 5.56. The number of benzene rings is 2. The molecule has 1 aliphatic carbocycles. The van der Waals surface area contributed by atoms with E-state index in [1.807, 2.05) is 0 Å². The Labute approximate surface area is 180 Å². The first-order chi connectivity index (χ1) is 14.8. The summed E-state index contributed by atoms with van der Waals surface area (Å²) in [6.45, 7) is 0. The molecule has 1 aromatic heterocycles. The molecule has 3 aromatic rings. The topological polar surface area (TPSA) is 80.2 Å². The summed E-state index contributed by atoms with van der Waals surface area (Å²) in [4.78, 5) is 36.8. The van der Waals surface area contributed by atoms with Gasteiger partial charge in [0, 0.05) is 23.9 Å². The minimum absolute atomic E-state index is 0.00792. The van der Waals surface area contributed by atoms with Crippen molar-refractivity contribution in [3.8, 4) is 5.69 Å². The van der Waals surface area contributed by atoms with Crippen LogP contribution >= 0.6 is 11.6 Å². The van der Waals surface area contributed by atoms with Gasteiger partial charge in [0.1, 0.15) is 17.3 Å². The molecule has 0 unspecified atom stereocenters. The van der Waals surface area contributed by atoms with Crippen molar-refractivity contribution in [1.82, 2.24) is 4.57 Å². The Morgan fingerprint density at radius 3 is 2.39 bits per heavy atom. The molecule has 158 valence electrons. The molecule has 0 radical (unpaired) electrons. The minimum atomic E-state index is -0.943. The maximum absolute atomic E-state index is 14.1. The number of pyridine rings is 1. The van der Waals surface area contributed by atoms with Crippen LogP contribution in [-0.4, -0.2) is 16.4 Å². The molecule has 31 heavy (non-hydrogen) atoms. The lowest BCUT2D eigenvalue weighted by molar-refractivity contribution is -0.117. The smallest absolute Gasteiger partial charge is 0.257 e. The summed E-state index contributed by atoms with van der Waals surface area (Å²) in [7, 11) is 0. The van der Waals surface area contributed by atoms with Crippen molar-refractivity contribution in [2.24, 2.45) is 5.92 Å². The summed E-state index contributed by atoms with van der Waals surface area (Å²) in [6.07, 6.45) is 2.74. The first kappa shape index (κ1) is 20.7. The van der Waals surface area contributed by atoms with Crippen LogP contribution in [0.1, 0.15) is 23.2 Å². The van der Waals surface area contributed by atoms with Gasteiger partial charge in [-0.25, -0.2) is 8.78 Å². The third-order valence-electron chi connectivity index (χ3n) is 4.78. The first-order valence-electron chi connectivity index (χ1n) is 9.42. The molecule has 6 nitrogen and oxygen atoms in total. The average Bonchev–Trinajstić information content (AvgIpc) is 3.57. The SMILES string of the molecule is O=C(Nc1cc(NC(=O)C2CC2)ccc1Cl)c1ccc(=O)n(-c2c(F)cccc2F)c1. The zero-order valence-electron chi connectivity index (χ0n) is 16.0. The van der Waals surface area contributed by atoms with Gasteiger partial charge < -0.3 is 10.6 Å². The minimum Gasteiger partial charge on any atom is -0.326 e. The number of rotatable bonds is 5. The summed E-state index contributed by atoms with van der Waals surface area (Å²) < 4.78 is 28.9. The quantitative estimate of drug-likeness (QED) is 0.614. The zero-order chi connectivity index (χ0) is 22.1. The number of aromatic nitrogens is 1. The highest BCUT2D eigenvalue weighted by molar-refractivity contribution is 6.34. The predicted octanol–water partition coefficient (Wildman–Crippen LogP) is 4.37. The Balaban J connectivity index is 1.61. The normalized spacial score (nSPS) is 13.0. The van der Waals surface area contributed by atoms with Crippen molar-refractivity contribution < 1.29 is 18.4 Å². The highest BCUT2D eigenvalue weighted by Crippen LogP contribution is 2.31. The van der Waals surface area contributed by atoms with Gasteiger partial charge in [-0.1, -0.05) is 17.7 Å². The molecule has 0 spiro atoms. The Hall–Kier alpha value is -3.52. The van der Waals surface area contributed by atoms with Crippen LogP contribution in [0.5, 0.6) is 0 Å². The van der Waals surface area contributed by atoms with E-state index in [1.165, 1.54) is 24.3 Å². The lowest BCUT2D eigenvalue weighted by Crippen LogP contribution is -2.22. The monoisotopic (exact) mass is 443 g/mol. The van der Waals surface area contributed by atoms with Crippen molar-refractivity contribution >= 4 is 34.8 Å². The Bertz CT molecular complexity index is 1230. The lowest BCUT2D eigenvalue weighted by atomic mass is 10.2. The van der Waals surface area contributed by atoms with Crippen molar-refractivity contribution in [1.29, 1.82) is 0 Å². The number of halogens is 3. The molecule has 2 aromatic carbocycles. The summed E-state index contributed by atoms with van der Waals surface area (Å²) >= 11 is 6.15. The number of nitrogens with zero attached hydrogens (tertiary/aromatic N) is 1. The van der Waals surface area contributed by atoms with Crippen LogP contribution in [0.25, 0.3) is 5.69 Å². The number of para-hydroxylation sites is 1. The number of amides is 2. The predicted molar refractivity (Wildman–Crippen MR) is 113 cm³/mol. The van der Waals surface area contributed by atoms with Crippen molar-refractivity contribution in [2.45, 2.75) is 12.8 Å². The van der Waals surface area contributed by atoms with Gasteiger partial charge in [0.15, 0.2) is 0 Å². The third kappa shape index (κ3) is 4.49. The van der Waals surface area contributed by atoms with E-state index in [1.54, 1.807) is 6.07 Å². The van der Waals surface area contributed by atoms with Crippen LogP contribution in [0.4, 0.5) is 20.2 Å². The summed E-state index contributed by atoms with van der Waals surface area (Å²) in [5.74, 6) is -2.63. The molecule has 0 bridgehead atoms. The van der Waals surface area contributed by atoms with E-state index < -0.39 is 28.8 Å². The van der Waals surface area contributed by atoms with Crippen LogP contribution in [0.15, 0.2) is 59.5 Å². The molecule has 0 aliphatic heterocycles. The fraction of sp³-hybridized carbons (Fsp3) is 0.136. The molecular formula is C22H16ClF2N3O3. The Morgan fingerprint density at radius 1 is 1.00 bits per heavy atom. The number of hydrogen-bond donors (Lipinski definition) is 2. The molecule has 1 heterocycles. The first-order valence-corrected chi connectivity index (χ1v) is 9.80. The van der Waals surface area contributed by atoms with E-state index in [2.05, 4.69) is 10.6 Å². The van der Waals surface area contributed by atoms with Crippen LogP contribution in [0, 0.1) is 17.6 Å². The van der Waals surface area contributed by atoms with Crippen LogP contribution < -0.4 is 16.2 Å². The van der Waals surface area contributed by atoms with Gasteiger partial charge in [0.25, 0.3) is 11.5 Å². The largest absolute Gasteiger partial charge is 0.326 e. The second kappa shape index (κ2) is 8.31. The second-order valence-electron chi connectivity index (χ2n) is 7.11. The van der Waals surface area contributed by atoms with E-state index >= 15 is 0 Å². The number of nitrogens with one attached hydrogen (secondary N) is 2. The highest BCUT2D eigenvalue weighted by Gasteiger charge is 2.29. The van der Waals surface area contributed by atoms with Crippen molar-refractivity contribution in [2.75, 3.05) is 10.6 Å². The molecule has 9 heteroatoms. The van der Waals surface area contributed by atoms with Crippen molar-refractivity contribution in [3.05, 3.63) is 87.3 Å². The van der Waals surface area contributed by atoms with E-state index in [9.17, 15) is 23.2 Å². The molecular weight excluding hydrogens is 428 g/mol. The maximum Gasteiger partial charge on any atom is 0.257 e. The second-order valence-corrected chi connectivity index (χ2v) is 7.52. The van der Waals surface area contributed by atoms with E-state index in [0.29, 0.717) is 5.69 Å². The third-order valence-corrected chi connectivity index (χ3v) is 5.11. The number of carbonyl (C=O) groups excluding carboxylic acids is 2. The molecule has 0 saturated heterocycles. The van der Waals surface area contributed by atoms with E-state index in [4.69, 9.17) is 11.6 Å². The molecule has 4 rings (SSSR count). The summed E-state index contributed by atoms with van der Waals surface area (Å²) in [5.41, 5.74) is -0.607. The van der Waals surface area contributed by atoms with E-state index in [0.717, 1.165) is 41.8 Å². The number of carbonyl (C=O) groups is 2. The summed E-state index contributed by atoms with van der Waals surface area (Å²) in [6, 6.07) is 10.1. The van der Waals surface area contributed by atoms with Gasteiger partial charge in [-0.2, -0.15) is 0 Å². The molecule has 1 saturated carbocycles. The van der Waals surface area contributed by atoms with Crippen LogP contribution in [-0.2, 0) is 4.79 Å². The zero-order valence-corrected chi connectivity index (χ0v) is 16.7. The maximum atomic E-state index is 14.1. The molecule has 1 aliphatic rings. The standard InChI is InChI=1S/C22H16ClF2N3O3/c23-15-8-7-14(26-21(30)12-4-5-12)10-18(15)27-22(31)13-6-9-19(29)28(11-13)20-16(24)2-1-3-17(20)25/h1-3,6-12H,4-5H2,(H,26,30)(H,27,31). The lowest BCUT2D eigenvalue weighted by Gasteiger charge is -2.12. The van der Waals surface area contributed by atoms with Gasteiger partial charge in [0.2, 0.25) is 5.91 Å². The van der Waals surface area contributed by atoms with Crippen molar-refractivity contribution in [3.63, 3.8) is 0 Å².